The van der Waals surface area contributed by atoms with Gasteiger partial charge in [0.1, 0.15) is 6.10 Å². The smallest absolute Gasteiger partial charge is 0.303 e. The first kappa shape index (κ1) is 26.0. The van der Waals surface area contributed by atoms with Crippen LogP contribution in [0, 0.1) is 23.7 Å². The number of esters is 1. The lowest BCUT2D eigenvalue weighted by atomic mass is 9.57. The molecule has 2 heterocycles. The Bertz CT molecular complexity index is 1140. The zero-order chi connectivity index (χ0) is 25.6. The van der Waals surface area contributed by atoms with E-state index in [1.54, 1.807) is 11.3 Å². The molecule has 8 heteroatoms. The summed E-state index contributed by atoms with van der Waals surface area (Å²) in [5.41, 5.74) is 1.28. The summed E-state index contributed by atoms with van der Waals surface area (Å²) in [4.78, 5) is 21.4. The maximum absolute atomic E-state index is 11.9. The molecule has 0 radical (unpaired) electrons. The number of aromatic nitrogens is 1. The molecule has 1 aromatic heterocycles. The minimum atomic E-state index is -0.814. The van der Waals surface area contributed by atoms with Gasteiger partial charge in [-0.05, 0) is 61.3 Å². The van der Waals surface area contributed by atoms with Crippen LogP contribution in [0.5, 0.6) is 0 Å². The van der Waals surface area contributed by atoms with Crippen molar-refractivity contribution in [1.82, 2.24) is 9.88 Å². The predicted octanol–water partition coefficient (Wildman–Crippen LogP) is 5.38. The first-order valence-corrected chi connectivity index (χ1v) is 14.4. The van der Waals surface area contributed by atoms with E-state index in [0.717, 1.165) is 71.5 Å². The molecule has 5 rings (SSSR count). The first-order chi connectivity index (χ1) is 17.1. The van der Waals surface area contributed by atoms with E-state index in [-0.39, 0.29) is 23.9 Å². The molecule has 36 heavy (non-hydrogen) atoms. The van der Waals surface area contributed by atoms with Crippen LogP contribution in [0.1, 0.15) is 47.0 Å². The zero-order valence-corrected chi connectivity index (χ0v) is 23.3. The Morgan fingerprint density at radius 1 is 1.31 bits per heavy atom. The van der Waals surface area contributed by atoms with Crippen LogP contribution in [-0.2, 0) is 9.53 Å². The van der Waals surface area contributed by atoms with Gasteiger partial charge in [-0.3, -0.25) is 9.69 Å². The van der Waals surface area contributed by atoms with Gasteiger partial charge in [0.25, 0.3) is 0 Å². The summed E-state index contributed by atoms with van der Waals surface area (Å²) in [6.45, 7) is 13.0. The number of aliphatic hydroxyl groups is 1. The summed E-state index contributed by atoms with van der Waals surface area (Å²) in [5, 5.41) is 13.7. The van der Waals surface area contributed by atoms with Gasteiger partial charge in [0.05, 0.1) is 15.8 Å². The molecular weight excluding hydrogens is 494 g/mol. The highest BCUT2D eigenvalue weighted by Gasteiger charge is 2.52. The van der Waals surface area contributed by atoms with Gasteiger partial charge in [-0.25, -0.2) is 4.98 Å². The van der Waals surface area contributed by atoms with Crippen molar-refractivity contribution < 1.29 is 14.6 Å². The van der Waals surface area contributed by atoms with Crippen LogP contribution in [0.2, 0.25) is 5.02 Å². The highest BCUT2D eigenvalue weighted by molar-refractivity contribution is 7.22. The SMILES string of the molecule is CC(=O)O[C@@H]1C[C@@]2(O)[C@H](C)CC[C@@H]([C@@H](C)CN3CCN(c4nc5ccc(Cl)cc5s4)CC3)[C@H]2C=C1C. The molecule has 2 aromatic rings. The van der Waals surface area contributed by atoms with E-state index in [9.17, 15) is 9.90 Å². The molecule has 0 bridgehead atoms. The van der Waals surface area contributed by atoms with Crippen molar-refractivity contribution in [2.24, 2.45) is 23.7 Å². The van der Waals surface area contributed by atoms with Crippen LogP contribution in [0.4, 0.5) is 5.13 Å². The Balaban J connectivity index is 1.23. The lowest BCUT2D eigenvalue weighted by molar-refractivity contribution is -0.159. The number of hydrogen-bond acceptors (Lipinski definition) is 7. The summed E-state index contributed by atoms with van der Waals surface area (Å²) < 4.78 is 6.70. The molecule has 1 N–H and O–H groups in total. The van der Waals surface area contributed by atoms with Crippen LogP contribution in [-0.4, -0.2) is 65.4 Å². The van der Waals surface area contributed by atoms with E-state index in [1.807, 2.05) is 25.1 Å². The Hall–Kier alpha value is -1.67. The third-order valence-corrected chi connectivity index (χ3v) is 10.2. The van der Waals surface area contributed by atoms with E-state index < -0.39 is 5.60 Å². The molecule has 2 aliphatic carbocycles. The normalized spacial score (nSPS) is 32.2. The van der Waals surface area contributed by atoms with Gasteiger partial charge in [-0.1, -0.05) is 42.9 Å². The maximum Gasteiger partial charge on any atom is 0.303 e. The number of rotatable bonds is 5. The fourth-order valence-electron chi connectivity index (χ4n) is 6.68. The average molecular weight is 532 g/mol. The Morgan fingerprint density at radius 3 is 2.78 bits per heavy atom. The second-order valence-corrected chi connectivity index (χ2v) is 12.7. The topological polar surface area (TPSA) is 65.9 Å². The number of carbonyl (C=O) groups excluding carboxylic acids is 1. The molecule has 3 aliphatic rings. The first-order valence-electron chi connectivity index (χ1n) is 13.3. The molecule has 1 aromatic carbocycles. The van der Waals surface area contributed by atoms with Crippen LogP contribution < -0.4 is 4.90 Å². The molecule has 0 unspecified atom stereocenters. The summed E-state index contributed by atoms with van der Waals surface area (Å²) >= 11 is 7.88. The molecule has 6 atom stereocenters. The van der Waals surface area contributed by atoms with E-state index in [0.29, 0.717) is 18.3 Å². The van der Waals surface area contributed by atoms with Crippen molar-refractivity contribution in [3.8, 4) is 0 Å². The van der Waals surface area contributed by atoms with Gasteiger partial charge in [0.15, 0.2) is 5.13 Å². The van der Waals surface area contributed by atoms with Crippen LogP contribution in [0.3, 0.4) is 0 Å². The largest absolute Gasteiger partial charge is 0.458 e. The van der Waals surface area contributed by atoms with Crippen molar-refractivity contribution in [3.63, 3.8) is 0 Å². The van der Waals surface area contributed by atoms with E-state index >= 15 is 0 Å². The Kier molecular flexibility index (Phi) is 7.38. The summed E-state index contributed by atoms with van der Waals surface area (Å²) in [6.07, 6.45) is 4.57. The summed E-state index contributed by atoms with van der Waals surface area (Å²) in [7, 11) is 0. The van der Waals surface area contributed by atoms with Crippen molar-refractivity contribution in [2.75, 3.05) is 37.6 Å². The Labute approximate surface area is 223 Å². The number of piperazine rings is 1. The number of anilines is 1. The van der Waals surface area contributed by atoms with Crippen molar-refractivity contribution in [3.05, 3.63) is 34.9 Å². The standard InChI is InChI=1S/C28H38ClN3O3S/c1-17-13-23-22(7-5-19(3)28(23,34)15-25(17)35-20(4)33)18(2)16-31-9-11-32(12-10-31)27-30-24-8-6-21(29)14-26(24)36-27/h6,8,13-14,18-19,22-23,25,34H,5,7,9-12,15-16H2,1-4H3/t18-,19+,22-,23+,25+,28+/m0/s1. The third-order valence-electron chi connectivity index (χ3n) is 8.85. The molecule has 2 fully saturated rings. The molecule has 1 saturated carbocycles. The van der Waals surface area contributed by atoms with E-state index in [2.05, 4.69) is 29.7 Å². The van der Waals surface area contributed by atoms with Crippen molar-refractivity contribution in [2.45, 2.75) is 58.7 Å². The van der Waals surface area contributed by atoms with Gasteiger partial charge in [0, 0.05) is 57.0 Å². The predicted molar refractivity (Wildman–Crippen MR) is 147 cm³/mol. The summed E-state index contributed by atoms with van der Waals surface area (Å²) in [6, 6.07) is 5.90. The highest BCUT2D eigenvalue weighted by atomic mass is 35.5. The molecule has 196 valence electrons. The fraction of sp³-hybridized carbons (Fsp3) is 0.643. The van der Waals surface area contributed by atoms with Gasteiger partial charge in [-0.2, -0.15) is 0 Å². The van der Waals surface area contributed by atoms with Gasteiger partial charge < -0.3 is 14.7 Å². The number of carbonyl (C=O) groups is 1. The number of fused-ring (bicyclic) bond motifs is 2. The quantitative estimate of drug-likeness (QED) is 0.412. The Morgan fingerprint density at radius 2 is 2.06 bits per heavy atom. The average Bonchev–Trinajstić information content (AvgIpc) is 3.24. The number of halogens is 1. The molecule has 1 saturated heterocycles. The molecule has 1 aliphatic heterocycles. The maximum atomic E-state index is 11.9. The minimum absolute atomic E-state index is 0.110. The monoisotopic (exact) mass is 531 g/mol. The number of hydrogen-bond donors (Lipinski definition) is 1. The van der Waals surface area contributed by atoms with Gasteiger partial charge in [0.2, 0.25) is 0 Å². The van der Waals surface area contributed by atoms with Crippen LogP contribution in [0.25, 0.3) is 10.2 Å². The number of thiazole rings is 1. The number of nitrogens with zero attached hydrogens (tertiary/aromatic N) is 3. The molecule has 6 nitrogen and oxygen atoms in total. The number of ether oxygens (including phenoxy) is 1. The van der Waals surface area contributed by atoms with Crippen molar-refractivity contribution in [1.29, 1.82) is 0 Å². The van der Waals surface area contributed by atoms with E-state index in [4.69, 9.17) is 21.3 Å². The zero-order valence-electron chi connectivity index (χ0n) is 21.7. The molecular formula is C28H38ClN3O3S. The second-order valence-electron chi connectivity index (χ2n) is 11.2. The summed E-state index contributed by atoms with van der Waals surface area (Å²) in [5.74, 6) is 0.919. The van der Waals surface area contributed by atoms with Crippen LogP contribution >= 0.6 is 22.9 Å². The lowest BCUT2D eigenvalue weighted by Crippen LogP contribution is -2.56. The molecule has 0 amide bonds. The van der Waals surface area contributed by atoms with Crippen LogP contribution in [0.15, 0.2) is 29.8 Å². The second kappa shape index (κ2) is 10.2. The third kappa shape index (κ3) is 5.04. The van der Waals surface area contributed by atoms with E-state index in [1.165, 1.54) is 6.92 Å². The number of benzene rings is 1. The van der Waals surface area contributed by atoms with Crippen molar-refractivity contribution >= 4 is 44.3 Å². The van der Waals surface area contributed by atoms with Gasteiger partial charge in [-0.15, -0.1) is 0 Å². The molecule has 0 spiro atoms. The lowest BCUT2D eigenvalue weighted by Gasteiger charge is -2.53. The van der Waals surface area contributed by atoms with Gasteiger partial charge >= 0.3 is 5.97 Å². The highest BCUT2D eigenvalue weighted by Crippen LogP contribution is 2.51. The fourth-order valence-corrected chi connectivity index (χ4v) is 7.98. The minimum Gasteiger partial charge on any atom is -0.458 e.